The van der Waals surface area contributed by atoms with Gasteiger partial charge in [-0.25, -0.2) is 4.98 Å². The molecule has 0 radical (unpaired) electrons. The summed E-state index contributed by atoms with van der Waals surface area (Å²) in [6, 6.07) is 3.63. The van der Waals surface area contributed by atoms with Crippen molar-refractivity contribution < 1.29 is 4.79 Å². The monoisotopic (exact) mass is 267 g/mol. The lowest BCUT2D eigenvalue weighted by molar-refractivity contribution is 0.0953. The molecule has 1 rings (SSSR count). The van der Waals surface area contributed by atoms with E-state index in [0.717, 1.165) is 36.7 Å². The van der Waals surface area contributed by atoms with Crippen LogP contribution in [0, 0.1) is 0 Å². The summed E-state index contributed by atoms with van der Waals surface area (Å²) in [6.45, 7) is 2.75. The number of anilines is 1. The lowest BCUT2D eigenvalue weighted by atomic mass is 10.2. The molecule has 0 unspecified atom stereocenters. The van der Waals surface area contributed by atoms with E-state index in [1.165, 1.54) is 0 Å². The Morgan fingerprint density at radius 2 is 2.22 bits per heavy atom. The van der Waals surface area contributed by atoms with E-state index in [9.17, 15) is 4.79 Å². The number of carbonyl (C=O) groups excluding carboxylic acids is 1. The smallest absolute Gasteiger partial charge is 0.251 e. The zero-order valence-corrected chi connectivity index (χ0v) is 12.1. The molecule has 0 fully saturated rings. The van der Waals surface area contributed by atoms with E-state index in [2.05, 4.69) is 21.9 Å². The van der Waals surface area contributed by atoms with Gasteiger partial charge in [-0.2, -0.15) is 11.8 Å². The molecule has 0 bridgehead atoms. The van der Waals surface area contributed by atoms with Gasteiger partial charge in [0.25, 0.3) is 5.91 Å². The molecule has 0 aliphatic rings. The first kappa shape index (κ1) is 14.8. The Bertz CT molecular complexity index is 374. The summed E-state index contributed by atoms with van der Waals surface area (Å²) in [5.41, 5.74) is 1.60. The second kappa shape index (κ2) is 7.97. The molecule has 100 valence electrons. The number of pyridine rings is 1. The van der Waals surface area contributed by atoms with E-state index in [1.54, 1.807) is 17.8 Å². The van der Waals surface area contributed by atoms with Gasteiger partial charge in [0, 0.05) is 24.8 Å². The lowest BCUT2D eigenvalue weighted by Crippen LogP contribution is -2.25. The van der Waals surface area contributed by atoms with Crippen LogP contribution in [0.2, 0.25) is 0 Å². The largest absolute Gasteiger partial charge is 0.373 e. The Labute approximate surface area is 113 Å². The van der Waals surface area contributed by atoms with Crippen molar-refractivity contribution in [3.05, 3.63) is 23.4 Å². The van der Waals surface area contributed by atoms with Crippen LogP contribution in [0.4, 0.5) is 5.82 Å². The Kier molecular flexibility index (Phi) is 6.57. The van der Waals surface area contributed by atoms with Crippen molar-refractivity contribution in [3.63, 3.8) is 0 Å². The standard InChI is InChI=1S/C13H21N3OS/c1-4-11-8-10(9-12(14-2)16-11)13(17)15-6-5-7-18-3/h8-9H,4-7H2,1-3H3,(H,14,16)(H,15,17). The Balaban J connectivity index is 2.66. The molecule has 2 N–H and O–H groups in total. The summed E-state index contributed by atoms with van der Waals surface area (Å²) >= 11 is 1.79. The highest BCUT2D eigenvalue weighted by Gasteiger charge is 2.08. The van der Waals surface area contributed by atoms with E-state index in [4.69, 9.17) is 0 Å². The first-order valence-corrected chi connectivity index (χ1v) is 7.56. The topological polar surface area (TPSA) is 54.0 Å². The normalized spacial score (nSPS) is 10.2. The maximum atomic E-state index is 12.0. The summed E-state index contributed by atoms with van der Waals surface area (Å²) in [6.07, 6.45) is 3.89. The molecule has 0 saturated heterocycles. The zero-order valence-electron chi connectivity index (χ0n) is 11.2. The number of nitrogens with one attached hydrogen (secondary N) is 2. The summed E-state index contributed by atoms with van der Waals surface area (Å²) < 4.78 is 0. The summed E-state index contributed by atoms with van der Waals surface area (Å²) in [5, 5.41) is 5.91. The highest BCUT2D eigenvalue weighted by Crippen LogP contribution is 2.10. The molecule has 1 aromatic rings. The van der Waals surface area contributed by atoms with Gasteiger partial charge in [0.2, 0.25) is 0 Å². The molecule has 18 heavy (non-hydrogen) atoms. The van der Waals surface area contributed by atoms with Crippen LogP contribution in [0.25, 0.3) is 0 Å². The quantitative estimate of drug-likeness (QED) is 0.743. The molecule has 1 heterocycles. The number of aryl methyl sites for hydroxylation is 1. The lowest BCUT2D eigenvalue weighted by Gasteiger charge is -2.08. The number of nitrogens with zero attached hydrogens (tertiary/aromatic N) is 1. The average molecular weight is 267 g/mol. The van der Waals surface area contributed by atoms with Gasteiger partial charge in [0.15, 0.2) is 0 Å². The number of carbonyl (C=O) groups is 1. The minimum Gasteiger partial charge on any atom is -0.373 e. The molecular weight excluding hydrogens is 246 g/mol. The Morgan fingerprint density at radius 1 is 1.44 bits per heavy atom. The van der Waals surface area contributed by atoms with Crippen molar-refractivity contribution in [1.82, 2.24) is 10.3 Å². The predicted molar refractivity (Wildman–Crippen MR) is 78.5 cm³/mol. The number of rotatable bonds is 7. The average Bonchev–Trinajstić information content (AvgIpc) is 2.42. The molecule has 0 atom stereocenters. The summed E-state index contributed by atoms with van der Waals surface area (Å²) in [4.78, 5) is 16.3. The maximum absolute atomic E-state index is 12.0. The number of hydrogen-bond donors (Lipinski definition) is 2. The molecule has 5 heteroatoms. The molecule has 4 nitrogen and oxygen atoms in total. The van der Waals surface area contributed by atoms with Gasteiger partial charge < -0.3 is 10.6 Å². The molecule has 1 amide bonds. The second-order valence-corrected chi connectivity index (χ2v) is 4.92. The third kappa shape index (κ3) is 4.56. The van der Waals surface area contributed by atoms with Crippen molar-refractivity contribution in [3.8, 4) is 0 Å². The van der Waals surface area contributed by atoms with Gasteiger partial charge in [-0.1, -0.05) is 6.92 Å². The number of hydrogen-bond acceptors (Lipinski definition) is 4. The van der Waals surface area contributed by atoms with E-state index < -0.39 is 0 Å². The van der Waals surface area contributed by atoms with Crippen LogP contribution in [-0.2, 0) is 6.42 Å². The fourth-order valence-corrected chi connectivity index (χ4v) is 1.98. The van der Waals surface area contributed by atoms with Crippen molar-refractivity contribution >= 4 is 23.5 Å². The molecule has 1 aromatic heterocycles. The third-order valence-corrected chi connectivity index (χ3v) is 3.27. The van der Waals surface area contributed by atoms with Crippen molar-refractivity contribution in [2.45, 2.75) is 19.8 Å². The first-order valence-electron chi connectivity index (χ1n) is 6.17. The van der Waals surface area contributed by atoms with E-state index >= 15 is 0 Å². The van der Waals surface area contributed by atoms with Crippen molar-refractivity contribution in [2.75, 3.05) is 30.9 Å². The van der Waals surface area contributed by atoms with Crippen LogP contribution < -0.4 is 10.6 Å². The molecule has 0 aromatic carbocycles. The minimum atomic E-state index is -0.0234. The van der Waals surface area contributed by atoms with E-state index in [0.29, 0.717) is 5.56 Å². The zero-order chi connectivity index (χ0) is 13.4. The third-order valence-electron chi connectivity index (χ3n) is 2.57. The fourth-order valence-electron chi connectivity index (χ4n) is 1.55. The van der Waals surface area contributed by atoms with Gasteiger partial charge in [0.05, 0.1) is 0 Å². The molecule has 0 spiro atoms. The fraction of sp³-hybridized carbons (Fsp3) is 0.538. The van der Waals surface area contributed by atoms with Gasteiger partial charge in [-0.3, -0.25) is 4.79 Å². The Morgan fingerprint density at radius 3 is 2.83 bits per heavy atom. The van der Waals surface area contributed by atoms with Crippen LogP contribution >= 0.6 is 11.8 Å². The highest BCUT2D eigenvalue weighted by molar-refractivity contribution is 7.98. The predicted octanol–water partition coefficient (Wildman–Crippen LogP) is 2.17. The molecular formula is C13H21N3OS. The molecule has 0 aliphatic carbocycles. The number of amides is 1. The molecule has 0 saturated carbocycles. The number of thioether (sulfide) groups is 1. The van der Waals surface area contributed by atoms with Crippen molar-refractivity contribution in [2.24, 2.45) is 0 Å². The van der Waals surface area contributed by atoms with Gasteiger partial charge in [-0.15, -0.1) is 0 Å². The van der Waals surface area contributed by atoms with Crippen molar-refractivity contribution in [1.29, 1.82) is 0 Å². The maximum Gasteiger partial charge on any atom is 0.251 e. The van der Waals surface area contributed by atoms with Gasteiger partial charge in [-0.05, 0) is 37.0 Å². The van der Waals surface area contributed by atoms with Crippen LogP contribution in [0.15, 0.2) is 12.1 Å². The highest BCUT2D eigenvalue weighted by atomic mass is 32.2. The number of aromatic nitrogens is 1. The van der Waals surface area contributed by atoms with Gasteiger partial charge in [0.1, 0.15) is 5.82 Å². The summed E-state index contributed by atoms with van der Waals surface area (Å²) in [7, 11) is 1.81. The molecule has 0 aliphatic heterocycles. The second-order valence-electron chi connectivity index (χ2n) is 3.94. The first-order chi connectivity index (χ1) is 8.71. The SMILES string of the molecule is CCc1cc(C(=O)NCCCSC)cc(NC)n1. The van der Waals surface area contributed by atoms with E-state index in [-0.39, 0.29) is 5.91 Å². The summed E-state index contributed by atoms with van der Waals surface area (Å²) in [5.74, 6) is 1.78. The Hall–Kier alpha value is -1.23. The van der Waals surface area contributed by atoms with Crippen LogP contribution in [0.3, 0.4) is 0 Å². The minimum absolute atomic E-state index is 0.0234. The van der Waals surface area contributed by atoms with Crippen LogP contribution in [-0.4, -0.2) is 36.5 Å². The van der Waals surface area contributed by atoms with E-state index in [1.807, 2.05) is 20.0 Å². The van der Waals surface area contributed by atoms with Gasteiger partial charge >= 0.3 is 0 Å². The van der Waals surface area contributed by atoms with Crippen LogP contribution in [0.5, 0.6) is 0 Å². The van der Waals surface area contributed by atoms with Crippen LogP contribution in [0.1, 0.15) is 29.4 Å².